The quantitative estimate of drug-likeness (QED) is 0.516. The topological polar surface area (TPSA) is 0 Å². The van der Waals surface area contributed by atoms with Crippen molar-refractivity contribution >= 4 is 10.8 Å². The van der Waals surface area contributed by atoms with E-state index in [9.17, 15) is 0 Å². The standard InChI is InChI=1S/C11H11.Hf/c1-8-7-10-5-3-4-6-11(10)9(8)2;/h3-7H,1-2H3;/q-1;. The minimum absolute atomic E-state index is 0. The minimum Gasteiger partial charge on any atom is -0.154 e. The Kier molecular flexibility index (Phi) is 2.94. The van der Waals surface area contributed by atoms with E-state index in [1.807, 2.05) is 0 Å². The summed E-state index contributed by atoms with van der Waals surface area (Å²) in [7, 11) is 0. The van der Waals surface area contributed by atoms with Gasteiger partial charge in [-0.15, -0.1) is 40.6 Å². The number of aryl methyl sites for hydroxylation is 2. The average Bonchev–Trinajstić information content (AvgIpc) is 2.30. The van der Waals surface area contributed by atoms with E-state index < -0.39 is 0 Å². The molecule has 0 radical (unpaired) electrons. The van der Waals surface area contributed by atoms with Crippen LogP contribution in [-0.2, 0) is 25.8 Å². The Morgan fingerprint density at radius 3 is 2.42 bits per heavy atom. The summed E-state index contributed by atoms with van der Waals surface area (Å²) < 4.78 is 0. The van der Waals surface area contributed by atoms with Gasteiger partial charge >= 0.3 is 0 Å². The van der Waals surface area contributed by atoms with Gasteiger partial charge in [-0.25, -0.2) is 0 Å². The summed E-state index contributed by atoms with van der Waals surface area (Å²) in [6.45, 7) is 4.34. The first kappa shape index (κ1) is 9.79. The third-order valence-electron chi connectivity index (χ3n) is 2.33. The molecule has 0 bridgehead atoms. The van der Waals surface area contributed by atoms with Crippen LogP contribution in [-0.4, -0.2) is 0 Å². The van der Waals surface area contributed by atoms with Gasteiger partial charge in [0, 0.05) is 25.8 Å². The first-order valence-corrected chi connectivity index (χ1v) is 3.90. The van der Waals surface area contributed by atoms with Crippen molar-refractivity contribution in [2.75, 3.05) is 0 Å². The van der Waals surface area contributed by atoms with Gasteiger partial charge in [0.15, 0.2) is 0 Å². The van der Waals surface area contributed by atoms with Gasteiger partial charge in [0.1, 0.15) is 0 Å². The monoisotopic (exact) mass is 323 g/mol. The summed E-state index contributed by atoms with van der Waals surface area (Å²) >= 11 is 0. The van der Waals surface area contributed by atoms with Gasteiger partial charge in [-0.2, -0.15) is 5.56 Å². The molecule has 12 heavy (non-hydrogen) atoms. The van der Waals surface area contributed by atoms with E-state index in [4.69, 9.17) is 0 Å². The van der Waals surface area contributed by atoms with Crippen LogP contribution in [0.4, 0.5) is 0 Å². The average molecular weight is 322 g/mol. The molecule has 1 heteroatoms. The summed E-state index contributed by atoms with van der Waals surface area (Å²) in [4.78, 5) is 0. The van der Waals surface area contributed by atoms with Crippen molar-refractivity contribution in [3.05, 3.63) is 41.5 Å². The van der Waals surface area contributed by atoms with Crippen molar-refractivity contribution in [1.82, 2.24) is 0 Å². The molecule has 2 aromatic carbocycles. The number of benzene rings is 1. The molecule has 0 saturated heterocycles. The molecule has 0 unspecified atom stereocenters. The second kappa shape index (κ2) is 3.61. The van der Waals surface area contributed by atoms with Crippen LogP contribution < -0.4 is 0 Å². The van der Waals surface area contributed by atoms with Crippen LogP contribution in [0.25, 0.3) is 10.8 Å². The van der Waals surface area contributed by atoms with E-state index in [1.165, 1.54) is 21.9 Å². The van der Waals surface area contributed by atoms with E-state index in [0.717, 1.165) is 0 Å². The van der Waals surface area contributed by atoms with Crippen molar-refractivity contribution in [3.63, 3.8) is 0 Å². The summed E-state index contributed by atoms with van der Waals surface area (Å²) in [6.07, 6.45) is 0. The Hall–Kier alpha value is -0.300. The largest absolute Gasteiger partial charge is 0.154 e. The van der Waals surface area contributed by atoms with Crippen molar-refractivity contribution in [2.45, 2.75) is 13.8 Å². The Morgan fingerprint density at radius 1 is 1.08 bits per heavy atom. The van der Waals surface area contributed by atoms with E-state index in [2.05, 4.69) is 44.2 Å². The van der Waals surface area contributed by atoms with Gasteiger partial charge < -0.3 is 0 Å². The Bertz CT molecular complexity index is 385. The Balaban J connectivity index is 0.000000720. The summed E-state index contributed by atoms with van der Waals surface area (Å²) in [6, 6.07) is 10.8. The maximum Gasteiger partial charge on any atom is 0 e. The molecule has 0 nitrogen and oxygen atoms in total. The van der Waals surface area contributed by atoms with Crippen LogP contribution in [0.3, 0.4) is 0 Å². The zero-order chi connectivity index (χ0) is 7.84. The second-order valence-electron chi connectivity index (χ2n) is 3.04. The number of fused-ring (bicyclic) bond motifs is 1. The molecular weight excluding hydrogens is 311 g/mol. The SMILES string of the molecule is Cc1[cH-]c2ccccc2c1C.[Hf]. The predicted octanol–water partition coefficient (Wildman–Crippen LogP) is 3.17. The Labute approximate surface area is 91.7 Å². The van der Waals surface area contributed by atoms with Crippen LogP contribution in [0.5, 0.6) is 0 Å². The minimum atomic E-state index is 0. The summed E-state index contributed by atoms with van der Waals surface area (Å²) in [5, 5.41) is 2.76. The zero-order valence-electron chi connectivity index (χ0n) is 7.39. The van der Waals surface area contributed by atoms with Gasteiger partial charge in [0.05, 0.1) is 0 Å². The molecule has 0 N–H and O–H groups in total. The fourth-order valence-corrected chi connectivity index (χ4v) is 1.52. The molecule has 60 valence electrons. The van der Waals surface area contributed by atoms with E-state index in [1.54, 1.807) is 0 Å². The molecule has 0 spiro atoms. The number of hydrogen-bond acceptors (Lipinski definition) is 0. The molecule has 0 atom stereocenters. The van der Waals surface area contributed by atoms with Gasteiger partial charge in [-0.1, -0.05) is 19.9 Å². The molecule has 2 rings (SSSR count). The number of rotatable bonds is 0. The molecule has 2 aromatic rings. The normalized spacial score (nSPS) is 9.83. The third kappa shape index (κ3) is 1.42. The third-order valence-corrected chi connectivity index (χ3v) is 2.33. The van der Waals surface area contributed by atoms with E-state index in [0.29, 0.717) is 0 Å². The molecule has 0 saturated carbocycles. The molecule has 0 fully saturated rings. The molecule has 0 aliphatic rings. The maximum atomic E-state index is 2.24. The van der Waals surface area contributed by atoms with Crippen molar-refractivity contribution in [1.29, 1.82) is 0 Å². The first-order valence-electron chi connectivity index (χ1n) is 3.90. The molecule has 0 heterocycles. The van der Waals surface area contributed by atoms with Crippen LogP contribution in [0.1, 0.15) is 11.1 Å². The van der Waals surface area contributed by atoms with E-state index in [-0.39, 0.29) is 25.8 Å². The predicted molar refractivity (Wildman–Crippen MR) is 49.0 cm³/mol. The van der Waals surface area contributed by atoms with E-state index >= 15 is 0 Å². The molecule has 0 aliphatic carbocycles. The number of hydrogen-bond donors (Lipinski definition) is 0. The fraction of sp³-hybridized carbons (Fsp3) is 0.182. The smallest absolute Gasteiger partial charge is 0 e. The van der Waals surface area contributed by atoms with Crippen molar-refractivity contribution in [2.24, 2.45) is 0 Å². The zero-order valence-corrected chi connectivity index (χ0v) is 11.0. The summed E-state index contributed by atoms with van der Waals surface area (Å²) in [5.41, 5.74) is 2.81. The maximum absolute atomic E-state index is 2.24. The van der Waals surface area contributed by atoms with Gasteiger partial charge in [0.25, 0.3) is 0 Å². The molecular formula is C11H11Hf-. The van der Waals surface area contributed by atoms with Gasteiger partial charge in [-0.3, -0.25) is 0 Å². The van der Waals surface area contributed by atoms with Crippen LogP contribution in [0.2, 0.25) is 0 Å². The fourth-order valence-electron chi connectivity index (χ4n) is 1.52. The van der Waals surface area contributed by atoms with Crippen molar-refractivity contribution in [3.8, 4) is 0 Å². The molecule has 0 aliphatic heterocycles. The van der Waals surface area contributed by atoms with Crippen LogP contribution in [0.15, 0.2) is 30.3 Å². The molecule has 0 amide bonds. The van der Waals surface area contributed by atoms with Gasteiger partial charge in [0.2, 0.25) is 0 Å². The first-order chi connectivity index (χ1) is 5.29. The van der Waals surface area contributed by atoms with Crippen LogP contribution >= 0.6 is 0 Å². The van der Waals surface area contributed by atoms with Gasteiger partial charge in [-0.05, 0) is 0 Å². The summed E-state index contributed by atoms with van der Waals surface area (Å²) in [5.74, 6) is 0. The van der Waals surface area contributed by atoms with Crippen molar-refractivity contribution < 1.29 is 25.8 Å². The second-order valence-corrected chi connectivity index (χ2v) is 3.04. The van der Waals surface area contributed by atoms with Crippen LogP contribution in [0, 0.1) is 13.8 Å². The Morgan fingerprint density at radius 2 is 1.75 bits per heavy atom. The molecule has 0 aromatic heterocycles.